The van der Waals surface area contributed by atoms with E-state index >= 15 is 0 Å². The van der Waals surface area contributed by atoms with E-state index < -0.39 is 6.10 Å². The van der Waals surface area contributed by atoms with Crippen LogP contribution in [0.2, 0.25) is 10.0 Å². The summed E-state index contributed by atoms with van der Waals surface area (Å²) in [6, 6.07) is 18.8. The Hall–Kier alpha value is -1.78. The molecule has 0 radical (unpaired) electrons. The Balaban J connectivity index is 1.65. The Morgan fingerprint density at radius 2 is 1.80 bits per heavy atom. The van der Waals surface area contributed by atoms with E-state index in [1.807, 2.05) is 49.4 Å². The Morgan fingerprint density at radius 3 is 2.56 bits per heavy atom. The highest BCUT2D eigenvalue weighted by atomic mass is 35.5. The van der Waals surface area contributed by atoms with Crippen LogP contribution in [0.3, 0.4) is 0 Å². The van der Waals surface area contributed by atoms with E-state index in [9.17, 15) is 5.11 Å². The first kappa shape index (κ1) is 18.0. The number of nitrogens with two attached hydrogens (primary N) is 1. The summed E-state index contributed by atoms with van der Waals surface area (Å²) in [6.45, 7) is 2.62. The fraction of sp³-hybridized carbons (Fsp3) is 0.200. The van der Waals surface area contributed by atoms with Gasteiger partial charge in [0.1, 0.15) is 24.5 Å². The minimum atomic E-state index is -0.530. The Kier molecular flexibility index (Phi) is 5.82. The van der Waals surface area contributed by atoms with Gasteiger partial charge in [0.15, 0.2) is 5.76 Å². The van der Waals surface area contributed by atoms with Crippen LogP contribution in [0.4, 0.5) is 0 Å². The summed E-state index contributed by atoms with van der Waals surface area (Å²) in [6.07, 6.45) is -0.530. The third-order valence-electron chi connectivity index (χ3n) is 4.19. The van der Waals surface area contributed by atoms with Gasteiger partial charge < -0.3 is 14.8 Å². The summed E-state index contributed by atoms with van der Waals surface area (Å²) in [5.74, 6) is 1.50. The van der Waals surface area contributed by atoms with E-state index in [0.29, 0.717) is 22.4 Å². The highest BCUT2D eigenvalue weighted by Crippen LogP contribution is 2.31. The average Bonchev–Trinajstić information content (AvgIpc) is 3.10. The molecule has 0 saturated heterocycles. The smallest absolute Gasteiger partial charge is 0.158 e. The first-order chi connectivity index (χ1) is 12.0. The lowest BCUT2D eigenvalue weighted by Gasteiger charge is -2.17. The van der Waals surface area contributed by atoms with E-state index in [1.54, 1.807) is 18.2 Å². The van der Waals surface area contributed by atoms with Gasteiger partial charge in [-0.1, -0.05) is 53.5 Å². The van der Waals surface area contributed by atoms with Crippen molar-refractivity contribution in [1.29, 1.82) is 0 Å². The SMILES string of the molecule is C[C@H]([NH2+]Cc1ccc(-c2cc(Cl)ccc2Cl)o1)[C@@H](O)c1ccccc1. The van der Waals surface area contributed by atoms with Crippen LogP contribution in [0.5, 0.6) is 0 Å². The Morgan fingerprint density at radius 1 is 1.04 bits per heavy atom. The molecule has 0 aliphatic carbocycles. The van der Waals surface area contributed by atoms with Crippen molar-refractivity contribution in [3.63, 3.8) is 0 Å². The fourth-order valence-corrected chi connectivity index (χ4v) is 3.09. The zero-order chi connectivity index (χ0) is 17.8. The van der Waals surface area contributed by atoms with Gasteiger partial charge in [0.2, 0.25) is 0 Å². The molecule has 0 amide bonds. The van der Waals surface area contributed by atoms with E-state index in [4.69, 9.17) is 27.6 Å². The molecule has 130 valence electrons. The number of furan rings is 1. The van der Waals surface area contributed by atoms with Gasteiger partial charge in [-0.3, -0.25) is 0 Å². The Labute approximate surface area is 157 Å². The number of benzene rings is 2. The minimum Gasteiger partial charge on any atom is -0.455 e. The highest BCUT2D eigenvalue weighted by Gasteiger charge is 2.19. The Bertz CT molecular complexity index is 833. The predicted molar refractivity (Wildman–Crippen MR) is 101 cm³/mol. The van der Waals surface area contributed by atoms with Crippen molar-refractivity contribution in [2.24, 2.45) is 0 Å². The summed E-state index contributed by atoms with van der Waals surface area (Å²) in [5.41, 5.74) is 1.69. The van der Waals surface area contributed by atoms with Crippen molar-refractivity contribution in [2.75, 3.05) is 0 Å². The number of quaternary nitrogens is 1. The summed E-state index contributed by atoms with van der Waals surface area (Å²) < 4.78 is 5.89. The topological polar surface area (TPSA) is 50.0 Å². The summed E-state index contributed by atoms with van der Waals surface area (Å²) in [7, 11) is 0. The molecule has 3 rings (SSSR count). The molecule has 0 unspecified atom stereocenters. The van der Waals surface area contributed by atoms with E-state index in [2.05, 4.69) is 5.32 Å². The molecule has 0 saturated carbocycles. The molecule has 3 nitrogen and oxygen atoms in total. The van der Waals surface area contributed by atoms with Crippen molar-refractivity contribution in [3.05, 3.63) is 82.0 Å². The number of hydrogen-bond donors (Lipinski definition) is 2. The summed E-state index contributed by atoms with van der Waals surface area (Å²) in [5, 5.41) is 13.7. The van der Waals surface area contributed by atoms with Gasteiger partial charge in [0, 0.05) is 10.6 Å². The van der Waals surface area contributed by atoms with E-state index in [0.717, 1.165) is 16.9 Å². The van der Waals surface area contributed by atoms with Crippen LogP contribution in [-0.2, 0) is 6.54 Å². The standard InChI is InChI=1S/C20H19Cl2NO2/c1-13(20(24)14-5-3-2-4-6-14)23-12-16-8-10-19(25-16)17-11-15(21)7-9-18(17)22/h2-11,13,20,23-24H,12H2,1H3/p+1/t13-,20+/m0/s1. The molecule has 1 aromatic heterocycles. The van der Waals surface area contributed by atoms with Gasteiger partial charge in [-0.2, -0.15) is 0 Å². The van der Waals surface area contributed by atoms with Crippen LogP contribution >= 0.6 is 23.2 Å². The van der Waals surface area contributed by atoms with Crippen molar-refractivity contribution >= 4 is 23.2 Å². The van der Waals surface area contributed by atoms with Gasteiger partial charge in [0.05, 0.1) is 5.02 Å². The second-order valence-corrected chi connectivity index (χ2v) is 6.89. The molecule has 3 N–H and O–H groups in total. The fourth-order valence-electron chi connectivity index (χ4n) is 2.70. The maximum atomic E-state index is 10.4. The minimum absolute atomic E-state index is 0.00528. The normalized spacial score (nSPS) is 13.6. The zero-order valence-electron chi connectivity index (χ0n) is 13.8. The van der Waals surface area contributed by atoms with Crippen LogP contribution in [0.15, 0.2) is 65.1 Å². The molecule has 2 aromatic carbocycles. The van der Waals surface area contributed by atoms with Crippen molar-refractivity contribution in [1.82, 2.24) is 0 Å². The van der Waals surface area contributed by atoms with Crippen LogP contribution < -0.4 is 5.32 Å². The second-order valence-electron chi connectivity index (χ2n) is 6.04. The number of aliphatic hydroxyl groups excluding tert-OH is 1. The van der Waals surface area contributed by atoms with Gasteiger partial charge in [-0.05, 0) is 42.8 Å². The number of rotatable bonds is 6. The van der Waals surface area contributed by atoms with Crippen molar-refractivity contribution in [2.45, 2.75) is 25.6 Å². The first-order valence-electron chi connectivity index (χ1n) is 8.15. The summed E-state index contributed by atoms with van der Waals surface area (Å²) >= 11 is 12.3. The predicted octanol–water partition coefficient (Wildman–Crippen LogP) is 4.44. The molecule has 0 fully saturated rings. The third-order valence-corrected chi connectivity index (χ3v) is 4.75. The maximum Gasteiger partial charge on any atom is 0.158 e. The second kappa shape index (κ2) is 8.07. The molecule has 1 heterocycles. The van der Waals surface area contributed by atoms with E-state index in [-0.39, 0.29) is 6.04 Å². The molecule has 25 heavy (non-hydrogen) atoms. The van der Waals surface area contributed by atoms with E-state index in [1.165, 1.54) is 0 Å². The lowest BCUT2D eigenvalue weighted by molar-refractivity contribution is -0.710. The van der Waals surface area contributed by atoms with Crippen molar-refractivity contribution in [3.8, 4) is 11.3 Å². The third kappa shape index (κ3) is 4.44. The molecule has 5 heteroatoms. The van der Waals surface area contributed by atoms with Gasteiger partial charge in [-0.25, -0.2) is 0 Å². The average molecular weight is 377 g/mol. The van der Waals surface area contributed by atoms with Crippen LogP contribution in [0.25, 0.3) is 11.3 Å². The summed E-state index contributed by atoms with van der Waals surface area (Å²) in [4.78, 5) is 0. The monoisotopic (exact) mass is 376 g/mol. The molecule has 3 aromatic rings. The molecule has 0 aliphatic rings. The van der Waals surface area contributed by atoms with Crippen LogP contribution in [0, 0.1) is 0 Å². The number of aliphatic hydroxyl groups is 1. The highest BCUT2D eigenvalue weighted by molar-refractivity contribution is 6.35. The largest absolute Gasteiger partial charge is 0.455 e. The van der Waals surface area contributed by atoms with Gasteiger partial charge >= 0.3 is 0 Å². The number of halogens is 2. The quantitative estimate of drug-likeness (QED) is 0.667. The first-order valence-corrected chi connectivity index (χ1v) is 8.90. The number of hydrogen-bond acceptors (Lipinski definition) is 2. The van der Waals surface area contributed by atoms with Crippen molar-refractivity contribution < 1.29 is 14.8 Å². The van der Waals surface area contributed by atoms with Crippen LogP contribution in [0.1, 0.15) is 24.4 Å². The lowest BCUT2D eigenvalue weighted by Crippen LogP contribution is -2.88. The van der Waals surface area contributed by atoms with Crippen LogP contribution in [-0.4, -0.2) is 11.1 Å². The lowest BCUT2D eigenvalue weighted by atomic mass is 10.0. The van der Waals surface area contributed by atoms with Gasteiger partial charge in [-0.15, -0.1) is 0 Å². The molecule has 2 atom stereocenters. The molecular formula is C20H20Cl2NO2+. The zero-order valence-corrected chi connectivity index (χ0v) is 15.3. The molecule has 0 spiro atoms. The molecule has 0 bridgehead atoms. The maximum absolute atomic E-state index is 10.4. The molecule has 0 aliphatic heterocycles. The van der Waals surface area contributed by atoms with Gasteiger partial charge in [0.25, 0.3) is 0 Å². The molecular weight excluding hydrogens is 357 g/mol.